The van der Waals surface area contributed by atoms with Crippen LogP contribution >= 0.6 is 0 Å². The minimum Gasteiger partial charge on any atom is -0.460 e. The topological polar surface area (TPSA) is 180 Å². The van der Waals surface area contributed by atoms with E-state index in [1.807, 2.05) is 51.1 Å². The minimum atomic E-state index is -1.06. The molecule has 306 valence electrons. The van der Waals surface area contributed by atoms with Crippen molar-refractivity contribution >= 4 is 41.3 Å². The van der Waals surface area contributed by atoms with Crippen LogP contribution in [0.5, 0.6) is 0 Å². The Morgan fingerprint density at radius 1 is 0.818 bits per heavy atom. The quantitative estimate of drug-likeness (QED) is 0.0901. The van der Waals surface area contributed by atoms with E-state index in [0.29, 0.717) is 25.8 Å². The SMILES string of the molecule is CCCC(NC(=O)[C@@H]1[C@H]2CCC[C@H]2CN1C(=O)C(NC(=O)[C@@H](NC(=O)CCCCC(=O)OC(C)(C)C)C(C)C)C(C)C)C(=O)C(=O)N[C@@H](C)c1ccccc1. The third-order valence-electron chi connectivity index (χ3n) is 10.5. The first-order valence-electron chi connectivity index (χ1n) is 20.2. The van der Waals surface area contributed by atoms with Crippen molar-refractivity contribution in [3.8, 4) is 0 Å². The Morgan fingerprint density at radius 2 is 1.45 bits per heavy atom. The zero-order valence-electron chi connectivity index (χ0n) is 34.4. The molecule has 1 aromatic rings. The molecule has 0 spiro atoms. The van der Waals surface area contributed by atoms with Crippen LogP contribution in [-0.4, -0.2) is 82.5 Å². The van der Waals surface area contributed by atoms with Crippen molar-refractivity contribution in [2.75, 3.05) is 6.54 Å². The third-order valence-corrected chi connectivity index (χ3v) is 10.5. The summed E-state index contributed by atoms with van der Waals surface area (Å²) in [5, 5.41) is 11.3. The molecule has 55 heavy (non-hydrogen) atoms. The molecule has 1 aliphatic heterocycles. The number of carbonyl (C=O) groups excluding carboxylic acids is 7. The van der Waals surface area contributed by atoms with Crippen molar-refractivity contribution < 1.29 is 38.3 Å². The summed E-state index contributed by atoms with van der Waals surface area (Å²) in [6, 6.07) is 5.04. The fourth-order valence-electron chi connectivity index (χ4n) is 7.60. The number of nitrogens with one attached hydrogen (secondary N) is 4. The Balaban J connectivity index is 1.69. The molecule has 2 unspecified atom stereocenters. The smallest absolute Gasteiger partial charge is 0.306 e. The molecule has 7 atom stereocenters. The van der Waals surface area contributed by atoms with Gasteiger partial charge in [0, 0.05) is 19.4 Å². The number of nitrogens with zero attached hydrogens (tertiary/aromatic N) is 1. The van der Waals surface area contributed by atoms with Crippen molar-refractivity contribution in [2.45, 2.75) is 156 Å². The Bertz CT molecular complexity index is 1510. The zero-order chi connectivity index (χ0) is 41.0. The van der Waals surface area contributed by atoms with E-state index in [1.165, 1.54) is 0 Å². The van der Waals surface area contributed by atoms with Crippen molar-refractivity contribution in [1.29, 1.82) is 0 Å². The van der Waals surface area contributed by atoms with Gasteiger partial charge in [0.05, 0.1) is 12.1 Å². The number of esters is 1. The summed E-state index contributed by atoms with van der Waals surface area (Å²) >= 11 is 0. The second-order valence-electron chi connectivity index (χ2n) is 16.9. The van der Waals surface area contributed by atoms with Crippen molar-refractivity contribution in [3.63, 3.8) is 0 Å². The van der Waals surface area contributed by atoms with E-state index in [0.717, 1.165) is 24.8 Å². The summed E-state index contributed by atoms with van der Waals surface area (Å²) in [5.41, 5.74) is 0.260. The molecule has 13 heteroatoms. The van der Waals surface area contributed by atoms with E-state index in [9.17, 15) is 33.6 Å². The van der Waals surface area contributed by atoms with Crippen molar-refractivity contribution in [1.82, 2.24) is 26.2 Å². The fraction of sp³-hybridized carbons (Fsp3) is 0.690. The highest BCUT2D eigenvalue weighted by molar-refractivity contribution is 6.38. The van der Waals surface area contributed by atoms with Gasteiger partial charge in [-0.25, -0.2) is 0 Å². The van der Waals surface area contributed by atoms with Crippen LogP contribution in [0, 0.1) is 23.7 Å². The van der Waals surface area contributed by atoms with Gasteiger partial charge in [0.15, 0.2) is 0 Å². The van der Waals surface area contributed by atoms with Crippen LogP contribution in [0.1, 0.15) is 132 Å². The summed E-state index contributed by atoms with van der Waals surface area (Å²) < 4.78 is 5.32. The standard InChI is InChI=1S/C42H65N5O8/c1-10-17-31(37(50)40(53)43-27(6)28-18-12-11-13-19-28)44-39(52)36-30-21-16-20-29(30)24-47(36)41(54)35(26(4)5)46-38(51)34(25(2)3)45-32(48)22-14-15-23-33(49)55-42(7,8)9/h11-13,18-19,25-27,29-31,34-36H,10,14-17,20-24H2,1-9H3,(H,43,53)(H,44,52)(H,45,48)(H,46,51)/t27-,29-,30-,31?,34-,35?,36-/m0/s1. The van der Waals surface area contributed by atoms with Gasteiger partial charge in [-0.2, -0.15) is 0 Å². The van der Waals surface area contributed by atoms with Gasteiger partial charge in [-0.15, -0.1) is 0 Å². The van der Waals surface area contributed by atoms with E-state index < -0.39 is 65.2 Å². The van der Waals surface area contributed by atoms with E-state index in [4.69, 9.17) is 4.74 Å². The maximum atomic E-state index is 14.4. The molecule has 4 N–H and O–H groups in total. The van der Waals surface area contributed by atoms with Gasteiger partial charge in [-0.1, -0.05) is 77.8 Å². The maximum absolute atomic E-state index is 14.4. The number of carbonyl (C=O) groups is 7. The Hall–Kier alpha value is -4.29. The van der Waals surface area contributed by atoms with Gasteiger partial charge >= 0.3 is 5.97 Å². The molecule has 5 amide bonds. The molecule has 0 bridgehead atoms. The van der Waals surface area contributed by atoms with E-state index >= 15 is 0 Å². The molecule has 3 rings (SSSR count). The number of benzene rings is 1. The molecular formula is C42H65N5O8. The molecule has 0 radical (unpaired) electrons. The minimum absolute atomic E-state index is 0.0941. The van der Waals surface area contributed by atoms with E-state index in [1.54, 1.807) is 46.4 Å². The fourth-order valence-corrected chi connectivity index (χ4v) is 7.60. The number of rotatable bonds is 19. The number of hydrogen-bond acceptors (Lipinski definition) is 8. The first-order chi connectivity index (χ1) is 25.8. The van der Waals surface area contributed by atoms with Gasteiger partial charge in [-0.05, 0) is 89.0 Å². The summed E-state index contributed by atoms with van der Waals surface area (Å²) in [6.45, 7) is 16.6. The van der Waals surface area contributed by atoms with E-state index in [-0.39, 0.29) is 54.8 Å². The molecule has 13 nitrogen and oxygen atoms in total. The molecule has 1 heterocycles. The van der Waals surface area contributed by atoms with Crippen LogP contribution in [0.4, 0.5) is 0 Å². The number of fused-ring (bicyclic) bond motifs is 1. The highest BCUT2D eigenvalue weighted by atomic mass is 16.6. The molecule has 1 aliphatic carbocycles. The van der Waals surface area contributed by atoms with Crippen LogP contribution < -0.4 is 21.3 Å². The van der Waals surface area contributed by atoms with Gasteiger partial charge in [0.2, 0.25) is 29.4 Å². The maximum Gasteiger partial charge on any atom is 0.306 e. The lowest BCUT2D eigenvalue weighted by Gasteiger charge is -2.34. The average molecular weight is 768 g/mol. The lowest BCUT2D eigenvalue weighted by atomic mass is 9.92. The van der Waals surface area contributed by atoms with Crippen molar-refractivity contribution in [2.24, 2.45) is 23.7 Å². The van der Waals surface area contributed by atoms with Gasteiger partial charge in [0.25, 0.3) is 5.91 Å². The number of unbranched alkanes of at least 4 members (excludes halogenated alkanes) is 1. The summed E-state index contributed by atoms with van der Waals surface area (Å²) in [4.78, 5) is 95.3. The molecule has 1 saturated heterocycles. The third kappa shape index (κ3) is 13.2. The number of ether oxygens (including phenoxy) is 1. The molecule has 2 fully saturated rings. The van der Waals surface area contributed by atoms with E-state index in [2.05, 4.69) is 21.3 Å². The summed E-state index contributed by atoms with van der Waals surface area (Å²) in [6.07, 6.45) is 4.51. The van der Waals surface area contributed by atoms with Gasteiger partial charge in [-0.3, -0.25) is 33.6 Å². The second kappa shape index (κ2) is 20.6. The highest BCUT2D eigenvalue weighted by Gasteiger charge is 2.51. The first-order valence-corrected chi connectivity index (χ1v) is 20.2. The summed E-state index contributed by atoms with van der Waals surface area (Å²) in [5.74, 6) is -4.25. The molecular weight excluding hydrogens is 702 g/mol. The lowest BCUT2D eigenvalue weighted by Crippen LogP contribution is -2.60. The highest BCUT2D eigenvalue weighted by Crippen LogP contribution is 2.42. The normalized spacial score (nSPS) is 20.2. The zero-order valence-corrected chi connectivity index (χ0v) is 34.4. The number of amides is 5. The van der Waals surface area contributed by atoms with Crippen LogP contribution in [0.2, 0.25) is 0 Å². The number of Topliss-reactive ketones (excluding diaryl/α,β-unsaturated/α-hetero) is 1. The Labute approximate surface area is 327 Å². The largest absolute Gasteiger partial charge is 0.460 e. The van der Waals surface area contributed by atoms with Crippen LogP contribution in [-0.2, 0) is 38.3 Å². The van der Waals surface area contributed by atoms with Gasteiger partial charge in [0.1, 0.15) is 23.7 Å². The molecule has 2 aliphatic rings. The monoisotopic (exact) mass is 767 g/mol. The summed E-state index contributed by atoms with van der Waals surface area (Å²) in [7, 11) is 0. The van der Waals surface area contributed by atoms with Crippen LogP contribution in [0.25, 0.3) is 0 Å². The number of likely N-dealkylation sites (tertiary alicyclic amines) is 1. The van der Waals surface area contributed by atoms with Gasteiger partial charge < -0.3 is 30.9 Å². The predicted molar refractivity (Wildman–Crippen MR) is 209 cm³/mol. The second-order valence-corrected chi connectivity index (χ2v) is 16.9. The Kier molecular flexibility index (Phi) is 16.9. The lowest BCUT2D eigenvalue weighted by molar-refractivity contribution is -0.155. The number of hydrogen-bond donors (Lipinski definition) is 4. The molecule has 1 saturated carbocycles. The molecule has 1 aromatic carbocycles. The van der Waals surface area contributed by atoms with Crippen LogP contribution in [0.3, 0.4) is 0 Å². The average Bonchev–Trinajstić information content (AvgIpc) is 3.72. The van der Waals surface area contributed by atoms with Crippen molar-refractivity contribution in [3.05, 3.63) is 35.9 Å². The van der Waals surface area contributed by atoms with Crippen LogP contribution in [0.15, 0.2) is 30.3 Å². The predicted octanol–water partition coefficient (Wildman–Crippen LogP) is 4.53. The Morgan fingerprint density at radius 3 is 2.05 bits per heavy atom. The molecule has 0 aromatic heterocycles. The number of ketones is 1. The first kappa shape index (κ1) is 45.1.